The Bertz CT molecular complexity index is 461. The minimum absolute atomic E-state index is 0.0611. The average Bonchev–Trinajstić information content (AvgIpc) is 2.75. The van der Waals surface area contributed by atoms with Crippen LogP contribution in [0.2, 0.25) is 0 Å². The molecule has 0 radical (unpaired) electrons. The average molecular weight is 252 g/mol. The molecule has 0 aliphatic rings. The Kier molecular flexibility index (Phi) is 4.76. The predicted octanol–water partition coefficient (Wildman–Crippen LogP) is 2.03. The zero-order valence-corrected chi connectivity index (χ0v) is 10.4. The topological polar surface area (TPSA) is 114 Å². The summed E-state index contributed by atoms with van der Waals surface area (Å²) in [6.45, 7) is 3.82. The SMILES string of the molecule is CC(C)(CN=[N+]=[N-])OC(=O)c1ccc(CCN)o1. The molecule has 1 aromatic heterocycles. The summed E-state index contributed by atoms with van der Waals surface area (Å²) in [5.74, 6) is 0.168. The first-order chi connectivity index (χ1) is 8.48. The van der Waals surface area contributed by atoms with E-state index in [0.717, 1.165) is 0 Å². The highest BCUT2D eigenvalue weighted by atomic mass is 16.6. The van der Waals surface area contributed by atoms with Crippen molar-refractivity contribution in [2.45, 2.75) is 25.9 Å². The van der Waals surface area contributed by atoms with Gasteiger partial charge in [0.15, 0.2) is 0 Å². The summed E-state index contributed by atoms with van der Waals surface area (Å²) in [6.07, 6.45) is 0.565. The van der Waals surface area contributed by atoms with Crippen LogP contribution >= 0.6 is 0 Å². The normalized spacial score (nSPS) is 10.8. The van der Waals surface area contributed by atoms with Crippen LogP contribution in [-0.2, 0) is 11.2 Å². The molecule has 2 N–H and O–H groups in total. The van der Waals surface area contributed by atoms with Crippen LogP contribution in [0.4, 0.5) is 0 Å². The van der Waals surface area contributed by atoms with E-state index >= 15 is 0 Å². The number of hydrogen-bond acceptors (Lipinski definition) is 5. The third-order valence-electron chi connectivity index (χ3n) is 2.14. The third-order valence-corrected chi connectivity index (χ3v) is 2.14. The molecule has 7 nitrogen and oxygen atoms in total. The molecule has 18 heavy (non-hydrogen) atoms. The smallest absolute Gasteiger partial charge is 0.374 e. The standard InChI is InChI=1S/C11H16N4O3/c1-11(2,7-14-15-13)18-10(16)9-4-3-8(17-9)5-6-12/h3-4H,5-7,12H2,1-2H3. The number of esters is 1. The van der Waals surface area contributed by atoms with Gasteiger partial charge in [-0.05, 0) is 38.1 Å². The molecule has 0 atom stereocenters. The monoisotopic (exact) mass is 252 g/mol. The fourth-order valence-corrected chi connectivity index (χ4v) is 1.30. The van der Waals surface area contributed by atoms with Gasteiger partial charge in [-0.3, -0.25) is 0 Å². The zero-order valence-electron chi connectivity index (χ0n) is 10.4. The molecule has 98 valence electrons. The summed E-state index contributed by atoms with van der Waals surface area (Å²) in [7, 11) is 0. The van der Waals surface area contributed by atoms with Crippen molar-refractivity contribution in [1.82, 2.24) is 0 Å². The molecule has 0 saturated carbocycles. The van der Waals surface area contributed by atoms with Crippen molar-refractivity contribution in [3.05, 3.63) is 34.1 Å². The van der Waals surface area contributed by atoms with E-state index in [2.05, 4.69) is 10.0 Å². The quantitative estimate of drug-likeness (QED) is 0.361. The van der Waals surface area contributed by atoms with E-state index in [1.54, 1.807) is 19.9 Å². The maximum atomic E-state index is 11.8. The van der Waals surface area contributed by atoms with E-state index < -0.39 is 11.6 Å². The molecule has 1 aromatic rings. The highest BCUT2D eigenvalue weighted by Crippen LogP contribution is 2.16. The first-order valence-electron chi connectivity index (χ1n) is 5.51. The summed E-state index contributed by atoms with van der Waals surface area (Å²) < 4.78 is 10.5. The molecule has 0 aliphatic heterocycles. The largest absolute Gasteiger partial charge is 0.454 e. The Morgan fingerprint density at radius 3 is 2.94 bits per heavy atom. The van der Waals surface area contributed by atoms with Gasteiger partial charge in [0, 0.05) is 11.3 Å². The Labute approximate surface area is 105 Å². The highest BCUT2D eigenvalue weighted by molar-refractivity contribution is 5.86. The summed E-state index contributed by atoms with van der Waals surface area (Å²) in [4.78, 5) is 14.4. The van der Waals surface area contributed by atoms with E-state index in [4.69, 9.17) is 20.4 Å². The van der Waals surface area contributed by atoms with Gasteiger partial charge >= 0.3 is 5.97 Å². The molecule has 0 aliphatic carbocycles. The molecule has 0 bridgehead atoms. The summed E-state index contributed by atoms with van der Waals surface area (Å²) in [5, 5.41) is 3.38. The highest BCUT2D eigenvalue weighted by Gasteiger charge is 2.24. The van der Waals surface area contributed by atoms with Crippen molar-refractivity contribution in [3.8, 4) is 0 Å². The number of carbonyl (C=O) groups excluding carboxylic acids is 1. The van der Waals surface area contributed by atoms with Gasteiger partial charge in [0.05, 0.1) is 6.54 Å². The second-order valence-corrected chi connectivity index (χ2v) is 4.34. The maximum absolute atomic E-state index is 11.8. The van der Waals surface area contributed by atoms with Crippen molar-refractivity contribution < 1.29 is 13.9 Å². The van der Waals surface area contributed by atoms with Crippen LogP contribution in [0.1, 0.15) is 30.2 Å². The number of nitrogens with two attached hydrogens (primary N) is 1. The van der Waals surface area contributed by atoms with Crippen LogP contribution in [-0.4, -0.2) is 24.7 Å². The number of carbonyl (C=O) groups is 1. The van der Waals surface area contributed by atoms with E-state index in [-0.39, 0.29) is 12.3 Å². The molecule has 0 saturated heterocycles. The number of nitrogens with zero attached hydrogens (tertiary/aromatic N) is 3. The van der Waals surface area contributed by atoms with Gasteiger partial charge in [-0.15, -0.1) is 0 Å². The minimum atomic E-state index is -0.871. The van der Waals surface area contributed by atoms with Gasteiger partial charge in [0.25, 0.3) is 0 Å². The predicted molar refractivity (Wildman–Crippen MR) is 65.0 cm³/mol. The van der Waals surface area contributed by atoms with E-state index in [9.17, 15) is 4.79 Å². The van der Waals surface area contributed by atoms with E-state index in [1.807, 2.05) is 0 Å². The van der Waals surface area contributed by atoms with Crippen LogP contribution in [0, 0.1) is 0 Å². The molecule has 0 fully saturated rings. The molecule has 7 heteroatoms. The zero-order chi connectivity index (χ0) is 13.6. The van der Waals surface area contributed by atoms with Crippen LogP contribution in [0.3, 0.4) is 0 Å². The fraction of sp³-hybridized carbons (Fsp3) is 0.545. The molecule has 0 spiro atoms. The maximum Gasteiger partial charge on any atom is 0.374 e. The van der Waals surface area contributed by atoms with Gasteiger partial charge < -0.3 is 14.9 Å². The molecular formula is C11H16N4O3. The van der Waals surface area contributed by atoms with Crippen LogP contribution in [0.5, 0.6) is 0 Å². The summed E-state index contributed by atoms with van der Waals surface area (Å²) in [6, 6.07) is 3.22. The van der Waals surface area contributed by atoms with Crippen molar-refractivity contribution in [2.24, 2.45) is 10.8 Å². The number of azide groups is 1. The Hall–Kier alpha value is -1.98. The lowest BCUT2D eigenvalue weighted by Crippen LogP contribution is -2.31. The molecular weight excluding hydrogens is 236 g/mol. The fourth-order valence-electron chi connectivity index (χ4n) is 1.30. The van der Waals surface area contributed by atoms with Gasteiger partial charge in [0.1, 0.15) is 11.4 Å². The minimum Gasteiger partial charge on any atom is -0.454 e. The summed E-state index contributed by atoms with van der Waals surface area (Å²) >= 11 is 0. The van der Waals surface area contributed by atoms with Crippen molar-refractivity contribution in [3.63, 3.8) is 0 Å². The first-order valence-corrected chi connectivity index (χ1v) is 5.51. The lowest BCUT2D eigenvalue weighted by molar-refractivity contribution is -0.000435. The van der Waals surface area contributed by atoms with Gasteiger partial charge in [0.2, 0.25) is 5.76 Å². The van der Waals surface area contributed by atoms with Gasteiger partial charge in [-0.1, -0.05) is 5.11 Å². The lowest BCUT2D eigenvalue weighted by Gasteiger charge is -2.22. The van der Waals surface area contributed by atoms with Crippen molar-refractivity contribution in [2.75, 3.05) is 13.1 Å². The second-order valence-electron chi connectivity index (χ2n) is 4.34. The molecule has 0 aromatic carbocycles. The molecule has 0 amide bonds. The van der Waals surface area contributed by atoms with Crippen molar-refractivity contribution in [1.29, 1.82) is 0 Å². The second kappa shape index (κ2) is 6.09. The lowest BCUT2D eigenvalue weighted by atomic mass is 10.1. The van der Waals surface area contributed by atoms with Crippen LogP contribution in [0.25, 0.3) is 10.4 Å². The van der Waals surface area contributed by atoms with Crippen molar-refractivity contribution >= 4 is 5.97 Å². The summed E-state index contributed by atoms with van der Waals surface area (Å²) in [5.41, 5.74) is 12.7. The number of hydrogen-bond donors (Lipinski definition) is 1. The van der Waals surface area contributed by atoms with E-state index in [0.29, 0.717) is 18.7 Å². The Morgan fingerprint density at radius 1 is 1.61 bits per heavy atom. The number of ether oxygens (including phenoxy) is 1. The number of furan rings is 1. The Balaban J connectivity index is 2.66. The first kappa shape index (κ1) is 14.1. The molecule has 1 heterocycles. The third kappa shape index (κ3) is 4.12. The molecule has 0 unspecified atom stereocenters. The Morgan fingerprint density at radius 2 is 2.33 bits per heavy atom. The van der Waals surface area contributed by atoms with Gasteiger partial charge in [-0.2, -0.15) is 0 Å². The number of rotatable bonds is 6. The van der Waals surface area contributed by atoms with Gasteiger partial charge in [-0.25, -0.2) is 4.79 Å². The molecule has 1 rings (SSSR count). The van der Waals surface area contributed by atoms with Crippen LogP contribution in [0.15, 0.2) is 21.7 Å². The van der Waals surface area contributed by atoms with E-state index in [1.165, 1.54) is 6.07 Å². The van der Waals surface area contributed by atoms with Crippen LogP contribution < -0.4 is 5.73 Å².